The highest BCUT2D eigenvalue weighted by atomic mass is 79.9. The van der Waals surface area contributed by atoms with Crippen molar-refractivity contribution in [2.75, 3.05) is 23.4 Å². The van der Waals surface area contributed by atoms with Crippen LogP contribution in [0.2, 0.25) is 0 Å². The van der Waals surface area contributed by atoms with E-state index in [-0.39, 0.29) is 23.0 Å². The Morgan fingerprint density at radius 1 is 1.59 bits per heavy atom. The molecule has 0 amide bonds. The molecule has 1 aromatic heterocycles. The second-order valence-corrected chi connectivity index (χ2v) is 7.10. The molecule has 2 N–H and O–H groups in total. The third-order valence-electron chi connectivity index (χ3n) is 2.70. The second-order valence-electron chi connectivity index (χ2n) is 4.08. The first kappa shape index (κ1) is 12.6. The highest BCUT2D eigenvalue weighted by Gasteiger charge is 2.27. The number of nitrogens with zero attached hydrogens (tertiary/aromatic N) is 1. The fourth-order valence-corrected chi connectivity index (χ4v) is 3.99. The van der Waals surface area contributed by atoms with Gasteiger partial charge in [-0.05, 0) is 28.3 Å². The summed E-state index contributed by atoms with van der Waals surface area (Å²) >= 11 is 3.15. The van der Waals surface area contributed by atoms with E-state index < -0.39 is 9.84 Å². The Morgan fingerprint density at radius 2 is 2.35 bits per heavy atom. The van der Waals surface area contributed by atoms with Crippen LogP contribution < -0.4 is 10.9 Å². The van der Waals surface area contributed by atoms with Crippen LogP contribution in [0.5, 0.6) is 0 Å². The zero-order valence-corrected chi connectivity index (χ0v) is 11.3. The Hall–Kier alpha value is -0.890. The van der Waals surface area contributed by atoms with Gasteiger partial charge in [-0.25, -0.2) is 13.5 Å². The predicted octanol–water partition coefficient (Wildman–Crippen LogP) is 0.379. The first-order valence-electron chi connectivity index (χ1n) is 5.15. The molecule has 1 saturated heterocycles. The van der Waals surface area contributed by atoms with E-state index in [0.717, 1.165) is 0 Å². The van der Waals surface area contributed by atoms with E-state index in [1.165, 1.54) is 6.20 Å². The van der Waals surface area contributed by atoms with Gasteiger partial charge in [0.15, 0.2) is 9.84 Å². The number of aromatic nitrogens is 2. The summed E-state index contributed by atoms with van der Waals surface area (Å²) in [4.78, 5) is 11.2. The Kier molecular flexibility index (Phi) is 3.53. The normalized spacial score (nSPS) is 22.5. The first-order valence-corrected chi connectivity index (χ1v) is 7.77. The summed E-state index contributed by atoms with van der Waals surface area (Å²) < 4.78 is 22.9. The number of halogens is 1. The van der Waals surface area contributed by atoms with Gasteiger partial charge in [0, 0.05) is 6.54 Å². The summed E-state index contributed by atoms with van der Waals surface area (Å²) in [7, 11) is -2.85. The highest BCUT2D eigenvalue weighted by molar-refractivity contribution is 9.10. The largest absolute Gasteiger partial charge is 0.382 e. The summed E-state index contributed by atoms with van der Waals surface area (Å²) in [6.07, 6.45) is 2.17. The molecule has 2 rings (SSSR count). The van der Waals surface area contributed by atoms with E-state index in [4.69, 9.17) is 0 Å². The second kappa shape index (κ2) is 4.77. The molecule has 1 fully saturated rings. The van der Waals surface area contributed by atoms with Crippen molar-refractivity contribution in [2.24, 2.45) is 5.92 Å². The van der Waals surface area contributed by atoms with Crippen molar-refractivity contribution < 1.29 is 8.42 Å². The van der Waals surface area contributed by atoms with Crippen LogP contribution >= 0.6 is 15.9 Å². The SMILES string of the molecule is O=c1[nH]ncc(NCC2CCS(=O)(=O)C2)c1Br. The minimum atomic E-state index is -2.85. The maximum absolute atomic E-state index is 11.3. The van der Waals surface area contributed by atoms with Crippen LogP contribution in [-0.4, -0.2) is 36.7 Å². The molecule has 94 valence electrons. The molecule has 1 aliphatic heterocycles. The Bertz CT molecular complexity index is 569. The van der Waals surface area contributed by atoms with Gasteiger partial charge in [0.05, 0.1) is 23.4 Å². The average Bonchev–Trinajstić information content (AvgIpc) is 2.61. The Labute approximate surface area is 107 Å². The molecule has 1 atom stereocenters. The molecule has 0 aromatic carbocycles. The van der Waals surface area contributed by atoms with E-state index in [1.807, 2.05) is 0 Å². The quantitative estimate of drug-likeness (QED) is 0.839. The predicted molar refractivity (Wildman–Crippen MR) is 67.8 cm³/mol. The number of hydrogen-bond acceptors (Lipinski definition) is 5. The molecule has 0 radical (unpaired) electrons. The Morgan fingerprint density at radius 3 is 3.00 bits per heavy atom. The lowest BCUT2D eigenvalue weighted by atomic mass is 10.1. The lowest BCUT2D eigenvalue weighted by molar-refractivity contribution is 0.596. The third-order valence-corrected chi connectivity index (χ3v) is 5.33. The van der Waals surface area contributed by atoms with Crippen molar-refractivity contribution in [3.63, 3.8) is 0 Å². The summed E-state index contributed by atoms with van der Waals surface area (Å²) in [5, 5.41) is 9.00. The number of H-pyrrole nitrogens is 1. The number of aromatic amines is 1. The van der Waals surface area contributed by atoms with Crippen LogP contribution in [0.1, 0.15) is 6.42 Å². The van der Waals surface area contributed by atoms with E-state index >= 15 is 0 Å². The van der Waals surface area contributed by atoms with Gasteiger partial charge in [-0.3, -0.25) is 4.79 Å². The molecular formula is C9H12BrN3O3S. The number of sulfone groups is 1. The fraction of sp³-hybridized carbons (Fsp3) is 0.556. The van der Waals surface area contributed by atoms with Gasteiger partial charge < -0.3 is 5.32 Å². The topological polar surface area (TPSA) is 91.9 Å². The molecule has 2 heterocycles. The monoisotopic (exact) mass is 321 g/mol. The van der Waals surface area contributed by atoms with Gasteiger partial charge in [0.1, 0.15) is 4.47 Å². The molecule has 0 aliphatic carbocycles. The van der Waals surface area contributed by atoms with Crippen LogP contribution in [0.4, 0.5) is 5.69 Å². The van der Waals surface area contributed by atoms with E-state index in [9.17, 15) is 13.2 Å². The standard InChI is InChI=1S/C9H12BrN3O3S/c10-8-7(4-12-13-9(8)14)11-3-6-1-2-17(15,16)5-6/h4,6H,1-3,5H2,(H2,11,13,14). The molecule has 6 nitrogen and oxygen atoms in total. The number of hydrogen-bond donors (Lipinski definition) is 2. The van der Waals surface area contributed by atoms with Crippen molar-refractivity contribution in [1.82, 2.24) is 10.2 Å². The molecule has 1 aliphatic rings. The molecule has 17 heavy (non-hydrogen) atoms. The molecular weight excluding hydrogens is 310 g/mol. The van der Waals surface area contributed by atoms with Crippen LogP contribution in [0.25, 0.3) is 0 Å². The Balaban J connectivity index is 1.99. The lowest BCUT2D eigenvalue weighted by Gasteiger charge is -2.10. The maximum atomic E-state index is 11.3. The molecule has 1 unspecified atom stereocenters. The minimum Gasteiger partial charge on any atom is -0.382 e. The zero-order chi connectivity index (χ0) is 12.5. The maximum Gasteiger partial charge on any atom is 0.280 e. The van der Waals surface area contributed by atoms with Crippen molar-refractivity contribution in [3.8, 4) is 0 Å². The molecule has 1 aromatic rings. The minimum absolute atomic E-state index is 0.103. The average molecular weight is 322 g/mol. The number of rotatable bonds is 3. The van der Waals surface area contributed by atoms with Crippen LogP contribution in [0.3, 0.4) is 0 Å². The van der Waals surface area contributed by atoms with Gasteiger partial charge in [-0.1, -0.05) is 0 Å². The van der Waals surface area contributed by atoms with Crippen LogP contribution in [0, 0.1) is 5.92 Å². The molecule has 0 bridgehead atoms. The van der Waals surface area contributed by atoms with Gasteiger partial charge in [-0.2, -0.15) is 5.10 Å². The van der Waals surface area contributed by atoms with Gasteiger partial charge in [-0.15, -0.1) is 0 Å². The molecule has 8 heteroatoms. The fourth-order valence-electron chi connectivity index (χ4n) is 1.79. The van der Waals surface area contributed by atoms with E-state index in [1.54, 1.807) is 0 Å². The summed E-state index contributed by atoms with van der Waals surface area (Å²) in [6, 6.07) is 0. The van der Waals surface area contributed by atoms with E-state index in [0.29, 0.717) is 23.1 Å². The summed E-state index contributed by atoms with van der Waals surface area (Å²) in [5.41, 5.74) is 0.270. The smallest absolute Gasteiger partial charge is 0.280 e. The highest BCUT2D eigenvalue weighted by Crippen LogP contribution is 2.21. The number of anilines is 1. The first-order chi connectivity index (χ1) is 7.98. The summed E-state index contributed by atoms with van der Waals surface area (Å²) in [5.74, 6) is 0.578. The van der Waals surface area contributed by atoms with Crippen LogP contribution in [0.15, 0.2) is 15.5 Å². The van der Waals surface area contributed by atoms with Crippen LogP contribution in [-0.2, 0) is 9.84 Å². The van der Waals surface area contributed by atoms with Gasteiger partial charge in [0.25, 0.3) is 5.56 Å². The third kappa shape index (κ3) is 3.06. The molecule has 0 spiro atoms. The van der Waals surface area contributed by atoms with Crippen molar-refractivity contribution in [1.29, 1.82) is 0 Å². The summed E-state index contributed by atoms with van der Waals surface area (Å²) in [6.45, 7) is 0.531. The molecule has 0 saturated carbocycles. The van der Waals surface area contributed by atoms with Crippen molar-refractivity contribution in [3.05, 3.63) is 21.0 Å². The van der Waals surface area contributed by atoms with Gasteiger partial charge >= 0.3 is 0 Å². The van der Waals surface area contributed by atoms with Crippen molar-refractivity contribution >= 4 is 31.5 Å². The lowest BCUT2D eigenvalue weighted by Crippen LogP contribution is -2.18. The number of nitrogens with one attached hydrogen (secondary N) is 2. The van der Waals surface area contributed by atoms with E-state index in [2.05, 4.69) is 31.4 Å². The van der Waals surface area contributed by atoms with Crippen molar-refractivity contribution in [2.45, 2.75) is 6.42 Å². The zero-order valence-electron chi connectivity index (χ0n) is 8.94. The van der Waals surface area contributed by atoms with Gasteiger partial charge in [0.2, 0.25) is 0 Å².